The van der Waals surface area contributed by atoms with E-state index >= 15 is 0 Å². The van der Waals surface area contributed by atoms with Gasteiger partial charge in [-0.1, -0.05) is 24.6 Å². The Kier molecular flexibility index (Phi) is 25.8. The summed E-state index contributed by atoms with van der Waals surface area (Å²) in [5.41, 5.74) is 44.1. The molecule has 28 heteroatoms. The number of amides is 8. The molecule has 418 valence electrons. The number of nitrogens with one attached hydrogen (secondary N) is 7. The number of carbonyl (C=O) groups is 9. The molecule has 2 aliphatic rings. The molecule has 1 heterocycles. The summed E-state index contributed by atoms with van der Waals surface area (Å²) in [7, 11) is 0. The van der Waals surface area contributed by atoms with Gasteiger partial charge in [-0.3, -0.25) is 43.3 Å². The number of guanidine groups is 1. The van der Waals surface area contributed by atoms with Crippen LogP contribution in [-0.4, -0.2) is 168 Å². The number of carboxylic acid groups (broad SMARTS) is 1. The van der Waals surface area contributed by atoms with Crippen molar-refractivity contribution in [2.75, 3.05) is 51.5 Å². The molecule has 75 heavy (non-hydrogen) atoms. The Morgan fingerprint density at radius 1 is 0.813 bits per heavy atom. The van der Waals surface area contributed by atoms with Crippen LogP contribution in [0.2, 0.25) is 0 Å². The molecule has 28 nitrogen and oxygen atoms in total. The van der Waals surface area contributed by atoms with Crippen LogP contribution in [0.25, 0.3) is 0 Å². The lowest BCUT2D eigenvalue weighted by molar-refractivity contribution is -0.142. The summed E-state index contributed by atoms with van der Waals surface area (Å²) in [5, 5.41) is 38.0. The summed E-state index contributed by atoms with van der Waals surface area (Å²) in [6.07, 6.45) is 3.06. The molecule has 1 saturated heterocycles. The molecule has 1 aliphatic carbocycles. The zero-order valence-corrected chi connectivity index (χ0v) is 42.5. The Balaban J connectivity index is 1.77. The predicted molar refractivity (Wildman–Crippen MR) is 277 cm³/mol. The zero-order chi connectivity index (χ0) is 55.8. The summed E-state index contributed by atoms with van der Waals surface area (Å²) in [6.45, 7) is 1.19. The van der Waals surface area contributed by atoms with Gasteiger partial charge in [0, 0.05) is 31.2 Å². The molecular formula is C47H79N17O11. The first-order valence-corrected chi connectivity index (χ1v) is 25.1. The molecule has 0 spiro atoms. The minimum absolute atomic E-state index is 0.0422. The molecule has 1 unspecified atom stereocenters. The number of hydrogen-bond donors (Lipinski definition) is 17. The minimum atomic E-state index is -1.64. The lowest BCUT2D eigenvalue weighted by atomic mass is 10.0. The molecule has 8 amide bonds. The molecule has 2 fully saturated rings. The highest BCUT2D eigenvalue weighted by molar-refractivity contribution is 6.02. The van der Waals surface area contributed by atoms with Crippen LogP contribution in [0.15, 0.2) is 41.0 Å². The number of unbranched alkanes of at least 4 members (excludes halogenated alkanes) is 2. The van der Waals surface area contributed by atoms with E-state index in [1.165, 1.54) is 17.9 Å². The second-order valence-electron chi connectivity index (χ2n) is 18.6. The SMILES string of the molecule is C[C@H](NC(=O)[C@@H](NC(=O)[C@@H](N)CCCCN)[C@@H](O)CN)C(=O)NCC(=O)N[C@H](CCCN)C(=O)N1CCC[C@H]1C(=O)NC1(C(=O)N[C@@H](CCCCN)C(=O)N/C(=C\CCN=C(N)N)C(=O)O)C[C@H]1c1ccc(N)cc1. The number of carbonyl (C=O) groups excluding carboxylic acids is 8. The van der Waals surface area contributed by atoms with Crippen molar-refractivity contribution in [3.8, 4) is 0 Å². The third-order valence-corrected chi connectivity index (χ3v) is 12.7. The van der Waals surface area contributed by atoms with Gasteiger partial charge in [-0.25, -0.2) is 4.79 Å². The van der Waals surface area contributed by atoms with E-state index in [9.17, 15) is 53.4 Å². The number of benzene rings is 1. The monoisotopic (exact) mass is 1060 g/mol. The molecule has 1 aromatic carbocycles. The Morgan fingerprint density at radius 3 is 2.07 bits per heavy atom. The Morgan fingerprint density at radius 2 is 1.45 bits per heavy atom. The van der Waals surface area contributed by atoms with Crippen molar-refractivity contribution in [1.82, 2.24) is 42.1 Å². The van der Waals surface area contributed by atoms with Crippen LogP contribution in [0.1, 0.15) is 95.5 Å². The van der Waals surface area contributed by atoms with E-state index in [-0.39, 0.29) is 77.1 Å². The van der Waals surface area contributed by atoms with E-state index in [0.717, 1.165) is 0 Å². The first-order valence-electron chi connectivity index (χ1n) is 25.1. The third kappa shape index (κ3) is 19.3. The van der Waals surface area contributed by atoms with Crippen LogP contribution in [0.4, 0.5) is 5.69 Å². The maximum absolute atomic E-state index is 14.6. The number of aliphatic carboxylic acids is 1. The van der Waals surface area contributed by atoms with Gasteiger partial charge in [-0.2, -0.15) is 0 Å². The van der Waals surface area contributed by atoms with E-state index in [1.54, 1.807) is 24.3 Å². The van der Waals surface area contributed by atoms with Gasteiger partial charge in [0.2, 0.25) is 47.3 Å². The number of rotatable bonds is 33. The minimum Gasteiger partial charge on any atom is -0.477 e. The number of aliphatic hydroxyl groups is 1. The number of anilines is 1. The molecule has 1 aliphatic heterocycles. The van der Waals surface area contributed by atoms with Gasteiger partial charge in [0.15, 0.2) is 5.96 Å². The number of likely N-dealkylation sites (tertiary alicyclic amines) is 1. The van der Waals surface area contributed by atoms with Crippen molar-refractivity contribution in [2.45, 2.75) is 138 Å². The number of nitrogen functional groups attached to an aromatic ring is 1. The smallest absolute Gasteiger partial charge is 0.352 e. The Labute approximate surface area is 435 Å². The Bertz CT molecular complexity index is 2190. The fourth-order valence-electron chi connectivity index (χ4n) is 8.40. The van der Waals surface area contributed by atoms with Crippen LogP contribution in [0, 0.1) is 0 Å². The van der Waals surface area contributed by atoms with Crippen LogP contribution < -0.4 is 83.1 Å². The summed E-state index contributed by atoms with van der Waals surface area (Å²) >= 11 is 0. The molecule has 0 aromatic heterocycles. The van der Waals surface area contributed by atoms with Crippen molar-refractivity contribution >= 4 is 64.9 Å². The summed E-state index contributed by atoms with van der Waals surface area (Å²) in [6, 6.07) is -0.803. The van der Waals surface area contributed by atoms with Gasteiger partial charge >= 0.3 is 5.97 Å². The Hall–Kier alpha value is -6.98. The first-order chi connectivity index (χ1) is 35.6. The molecule has 1 aromatic rings. The highest BCUT2D eigenvalue weighted by Gasteiger charge is 2.63. The van der Waals surface area contributed by atoms with Crippen molar-refractivity contribution in [3.05, 3.63) is 41.6 Å². The molecule has 3 rings (SSSR count). The lowest BCUT2D eigenvalue weighted by Gasteiger charge is -2.31. The average Bonchev–Trinajstić information content (AvgIpc) is 3.88. The molecule has 9 atom stereocenters. The number of nitrogens with zero attached hydrogens (tertiary/aromatic N) is 2. The van der Waals surface area contributed by atoms with Crippen LogP contribution in [-0.2, 0) is 43.2 Å². The van der Waals surface area contributed by atoms with E-state index in [2.05, 4.69) is 42.2 Å². The van der Waals surface area contributed by atoms with Crippen molar-refractivity contribution in [3.63, 3.8) is 0 Å². The molecule has 25 N–H and O–H groups in total. The second kappa shape index (κ2) is 31.0. The predicted octanol–water partition coefficient (Wildman–Crippen LogP) is -5.93. The maximum Gasteiger partial charge on any atom is 0.352 e. The molecular weight excluding hydrogens is 979 g/mol. The fourth-order valence-corrected chi connectivity index (χ4v) is 8.40. The summed E-state index contributed by atoms with van der Waals surface area (Å²) < 4.78 is 0. The highest BCUT2D eigenvalue weighted by Crippen LogP contribution is 2.52. The van der Waals surface area contributed by atoms with Crippen LogP contribution in [0.5, 0.6) is 0 Å². The van der Waals surface area contributed by atoms with E-state index in [0.29, 0.717) is 49.9 Å². The van der Waals surface area contributed by atoms with Crippen molar-refractivity contribution in [2.24, 2.45) is 45.1 Å². The topological polar surface area (TPSA) is 502 Å². The standard InChI is InChI=1S/C47H79N17O11/c1-26(58-42(71)37(35(65)24-51)62-39(68)30(53)9-2-4-18-48)38(67)57-25-36(66)59-32(11-6-20-50)43(72)64-22-8-13-34(64)41(70)63-47(23-29(47)27-14-16-28(52)17-15-27)45(75)61-31(10-3-5-19-49)40(69)60-33(44(73)74)12-7-21-56-46(54)55/h12,14-17,26,29-32,34-35,37,65H,2-11,13,18-25,48-53H2,1H3,(H,57,67)(H,58,71)(H,59,66)(H,60,69)(H,61,75)(H,62,68)(H,63,70)(H,73,74)(H4,54,55,56)/b33-12-/t26-,29-,30-,31-,32+,34-,35-,37-,47?/m0/s1. The quantitative estimate of drug-likeness (QED) is 0.0102. The van der Waals surface area contributed by atoms with E-state index in [1.807, 2.05) is 0 Å². The normalized spacial score (nSPS) is 19.4. The van der Waals surface area contributed by atoms with Crippen molar-refractivity contribution in [1.29, 1.82) is 0 Å². The molecule has 1 saturated carbocycles. The molecule has 0 radical (unpaired) electrons. The first kappa shape index (κ1) is 62.3. The van der Waals surface area contributed by atoms with Gasteiger partial charge in [0.1, 0.15) is 41.4 Å². The second-order valence-corrected chi connectivity index (χ2v) is 18.6. The van der Waals surface area contributed by atoms with E-state index < -0.39 is 126 Å². The van der Waals surface area contributed by atoms with Crippen LogP contribution in [0.3, 0.4) is 0 Å². The largest absolute Gasteiger partial charge is 0.477 e. The van der Waals surface area contributed by atoms with Crippen LogP contribution >= 0.6 is 0 Å². The lowest BCUT2D eigenvalue weighted by Crippen LogP contribution is -2.60. The molecule has 0 bridgehead atoms. The average molecular weight is 1060 g/mol. The summed E-state index contributed by atoms with van der Waals surface area (Å²) in [4.78, 5) is 126. The maximum atomic E-state index is 14.6. The third-order valence-electron chi connectivity index (χ3n) is 12.7. The number of hydrogen-bond acceptors (Lipinski definition) is 17. The number of nitrogens with two attached hydrogens (primary N) is 8. The summed E-state index contributed by atoms with van der Waals surface area (Å²) in [5.74, 6) is -8.48. The number of aliphatic imine (C=N–C) groups is 1. The van der Waals surface area contributed by atoms with Crippen molar-refractivity contribution < 1.29 is 53.4 Å². The van der Waals surface area contributed by atoms with Gasteiger partial charge < -0.3 is 98.2 Å². The highest BCUT2D eigenvalue weighted by atomic mass is 16.4. The van der Waals surface area contributed by atoms with Gasteiger partial charge in [0.25, 0.3) is 0 Å². The number of aliphatic hydroxyl groups excluding tert-OH is 1. The number of carboxylic acids is 1. The van der Waals surface area contributed by atoms with Gasteiger partial charge in [-0.05, 0) is 115 Å². The van der Waals surface area contributed by atoms with E-state index in [4.69, 9.17) is 45.9 Å². The van der Waals surface area contributed by atoms with Gasteiger partial charge in [0.05, 0.1) is 18.7 Å². The van der Waals surface area contributed by atoms with Gasteiger partial charge in [-0.15, -0.1) is 0 Å². The zero-order valence-electron chi connectivity index (χ0n) is 42.5. The fraction of sp³-hybridized carbons (Fsp3) is 0.617.